The minimum Gasteiger partial charge on any atom is -0.309 e. The molecule has 0 N–H and O–H groups in total. The van der Waals surface area contributed by atoms with Gasteiger partial charge in [0.15, 0.2) is 40.8 Å². The number of nitrogens with zero attached hydrogens (tertiary/aromatic N) is 13. The second kappa shape index (κ2) is 35.0. The number of para-hydroxylation sites is 6. The summed E-state index contributed by atoms with van der Waals surface area (Å²) in [5, 5.41) is 14.6. The van der Waals surface area contributed by atoms with Gasteiger partial charge in [-0.05, 0) is 146 Å². The van der Waals surface area contributed by atoms with Crippen molar-refractivity contribution in [3.05, 3.63) is 491 Å². The lowest BCUT2D eigenvalue weighted by Crippen LogP contribution is -2.06. The molecule has 13 heteroatoms. The zero-order chi connectivity index (χ0) is 91.4. The summed E-state index contributed by atoms with van der Waals surface area (Å²) in [6.07, 6.45) is 0. The third-order valence-electron chi connectivity index (χ3n) is 26.1. The molecule has 646 valence electrons. The fourth-order valence-corrected chi connectivity index (χ4v) is 19.5. The lowest BCUT2D eigenvalue weighted by atomic mass is 10.0. The number of hydrogen-bond donors (Lipinski definition) is 0. The summed E-state index contributed by atoms with van der Waals surface area (Å²) in [6, 6.07) is 171. The first-order valence-electron chi connectivity index (χ1n) is 46.3. The summed E-state index contributed by atoms with van der Waals surface area (Å²) in [4.78, 5) is 45.2. The molecule has 7 heterocycles. The SMILES string of the molecule is c1ccc(-c2ccc(-c3nc(-c4ccccc4)nc(-c4ccc(-n5c6ccccc6c6c7ccccc7ccc65)cc4)n3)cc2)cc1.c1ccc(-c2ccc(-c3nc(-c4ccccc4)nc(-n4c5ccccc5c5cc(-n6c7ccccc7c7ccccc76)ccc54)n3)cc2)cc1.c1ccc(-c2nc(-c3ccc(-c4ccc5ccccc5c4)cc3)nc(-n3c4ccccc4c4ccccc43)n2)cc1. The minimum absolute atomic E-state index is 0.580. The van der Waals surface area contributed by atoms with E-state index in [1.807, 2.05) is 103 Å². The van der Waals surface area contributed by atoms with Gasteiger partial charge < -0.3 is 9.13 Å². The highest BCUT2D eigenvalue weighted by Gasteiger charge is 2.24. The third kappa shape index (κ3) is 15.0. The van der Waals surface area contributed by atoms with Gasteiger partial charge in [0.1, 0.15) is 0 Å². The Bertz CT molecular complexity index is 9180. The molecule has 0 unspecified atom stereocenters. The maximum Gasteiger partial charge on any atom is 0.238 e. The number of aromatic nitrogens is 13. The van der Waals surface area contributed by atoms with Crippen LogP contribution in [0.25, 0.3) is 245 Å². The maximum atomic E-state index is 5.16. The monoisotopic (exact) mass is 1760 g/mol. The van der Waals surface area contributed by atoms with E-state index in [1.165, 1.54) is 92.6 Å². The molecule has 20 aromatic carbocycles. The summed E-state index contributed by atoms with van der Waals surface area (Å²) in [6.45, 7) is 0. The molecule has 7 aromatic heterocycles. The van der Waals surface area contributed by atoms with Gasteiger partial charge >= 0.3 is 0 Å². The molecule has 0 saturated carbocycles. The molecule has 0 aliphatic rings. The maximum absolute atomic E-state index is 5.16. The smallest absolute Gasteiger partial charge is 0.238 e. The van der Waals surface area contributed by atoms with Crippen LogP contribution in [0, 0.1) is 0 Å². The predicted molar refractivity (Wildman–Crippen MR) is 566 cm³/mol. The molecule has 27 aromatic rings. The fourth-order valence-electron chi connectivity index (χ4n) is 19.5. The predicted octanol–water partition coefficient (Wildman–Crippen LogP) is 31.0. The zero-order valence-electron chi connectivity index (χ0n) is 74.6. The summed E-state index contributed by atoms with van der Waals surface area (Å²) in [7, 11) is 0. The highest BCUT2D eigenvalue weighted by molar-refractivity contribution is 6.21. The first-order valence-corrected chi connectivity index (χ1v) is 46.3. The molecule has 0 aliphatic heterocycles. The second-order valence-corrected chi connectivity index (χ2v) is 34.4. The fraction of sp³-hybridized carbons (Fsp3) is 0. The molecule has 0 fully saturated rings. The molecule has 138 heavy (non-hydrogen) atoms. The Morgan fingerprint density at radius 1 is 0.123 bits per heavy atom. The first-order chi connectivity index (χ1) is 68.4. The normalized spacial score (nSPS) is 11.5. The Morgan fingerprint density at radius 2 is 0.362 bits per heavy atom. The van der Waals surface area contributed by atoms with Gasteiger partial charge in [0, 0.05) is 93.4 Å². The molecule has 0 spiro atoms. The number of hydrogen-bond acceptors (Lipinski definition) is 9. The standard InChI is InChI=1S/C45H29N5.C43H28N4.C37H24N4/c1-3-13-30(14-4-1)31-23-25-33(26-24-31)44-46-43(32-15-5-2-6-16-32)47-45(48-44)50-41-22-12-9-19-37(41)38-29-34(27-28-42(38)50)49-39-20-10-7-17-35(39)36-18-8-11-21-40(36)49;1-3-11-29(12-4-1)30-19-21-33(22-20-30)42-44-41(32-14-5-2-6-15-32)45-43(46-42)34-23-26-35(27-24-34)47-38-18-10-9-17-37(38)40-36-16-8-7-13-31(36)25-28-39(40)47;1-2-11-27(12-3-1)35-38-36(28-21-18-26(19-22-28)30-23-20-25-10-4-5-13-29(25)24-30)40-37(39-35)41-33-16-8-6-14-31(33)32-15-7-9-17-34(32)41/h1-29H;1-28H;1-24H. The van der Waals surface area contributed by atoms with E-state index in [0.29, 0.717) is 52.7 Å². The van der Waals surface area contributed by atoms with Crippen molar-refractivity contribution < 1.29 is 0 Å². The van der Waals surface area contributed by atoms with E-state index < -0.39 is 0 Å². The van der Waals surface area contributed by atoms with Gasteiger partial charge in [0.25, 0.3) is 0 Å². The van der Waals surface area contributed by atoms with Gasteiger partial charge in [0.05, 0.1) is 44.1 Å². The van der Waals surface area contributed by atoms with Crippen molar-refractivity contribution in [1.29, 1.82) is 0 Å². The minimum atomic E-state index is 0.580. The summed E-state index contributed by atoms with van der Waals surface area (Å²) in [5.74, 6) is 5.66. The lowest BCUT2D eigenvalue weighted by Gasteiger charge is -2.12. The molecule has 0 saturated heterocycles. The second-order valence-electron chi connectivity index (χ2n) is 34.4. The van der Waals surface area contributed by atoms with Crippen LogP contribution in [-0.4, -0.2) is 63.1 Å². The molecule has 27 rings (SSSR count). The van der Waals surface area contributed by atoms with E-state index in [4.69, 9.17) is 44.9 Å². The van der Waals surface area contributed by atoms with Gasteiger partial charge in [-0.2, -0.15) is 19.9 Å². The van der Waals surface area contributed by atoms with E-state index in [1.54, 1.807) is 0 Å². The van der Waals surface area contributed by atoms with Crippen molar-refractivity contribution in [1.82, 2.24) is 63.1 Å². The molecule has 0 bridgehead atoms. The third-order valence-corrected chi connectivity index (χ3v) is 26.1. The zero-order valence-corrected chi connectivity index (χ0v) is 74.6. The van der Waals surface area contributed by atoms with Crippen molar-refractivity contribution in [2.75, 3.05) is 0 Å². The highest BCUT2D eigenvalue weighted by Crippen LogP contribution is 2.43. The molecule has 0 aliphatic carbocycles. The van der Waals surface area contributed by atoms with Crippen LogP contribution in [-0.2, 0) is 0 Å². The molecule has 0 radical (unpaired) electrons. The Morgan fingerprint density at radius 3 is 0.768 bits per heavy atom. The molecular weight excluding hydrogens is 1680 g/mol. The Kier molecular flexibility index (Phi) is 20.6. The van der Waals surface area contributed by atoms with Crippen molar-refractivity contribution in [2.24, 2.45) is 0 Å². The summed E-state index contributed by atoms with van der Waals surface area (Å²) in [5.41, 5.74) is 24.7. The topological polar surface area (TPSA) is 136 Å². The van der Waals surface area contributed by atoms with E-state index in [2.05, 4.69) is 407 Å². The van der Waals surface area contributed by atoms with E-state index in [-0.39, 0.29) is 0 Å². The van der Waals surface area contributed by atoms with E-state index in [9.17, 15) is 0 Å². The first kappa shape index (κ1) is 81.2. The van der Waals surface area contributed by atoms with Gasteiger partial charge in [-0.25, -0.2) is 24.9 Å². The van der Waals surface area contributed by atoms with Crippen molar-refractivity contribution in [3.8, 4) is 136 Å². The quantitative estimate of drug-likeness (QED) is 0.104. The Balaban J connectivity index is 0.000000110. The van der Waals surface area contributed by atoms with E-state index in [0.717, 1.165) is 99.8 Å². The van der Waals surface area contributed by atoms with Crippen molar-refractivity contribution in [2.45, 2.75) is 0 Å². The van der Waals surface area contributed by atoms with Crippen LogP contribution in [0.4, 0.5) is 0 Å². The largest absolute Gasteiger partial charge is 0.309 e. The van der Waals surface area contributed by atoms with Crippen molar-refractivity contribution in [3.63, 3.8) is 0 Å². The van der Waals surface area contributed by atoms with E-state index >= 15 is 0 Å². The molecule has 0 atom stereocenters. The average Bonchev–Trinajstić information content (AvgIpc) is 1.58. The Hall–Kier alpha value is -18.9. The lowest BCUT2D eigenvalue weighted by molar-refractivity contribution is 0.953. The van der Waals surface area contributed by atoms with Gasteiger partial charge in [0.2, 0.25) is 11.9 Å². The van der Waals surface area contributed by atoms with Crippen LogP contribution in [0.15, 0.2) is 491 Å². The van der Waals surface area contributed by atoms with Crippen LogP contribution in [0.1, 0.15) is 0 Å². The Labute approximate surface area is 794 Å². The molecular formula is C125H81N13. The molecule has 0 amide bonds. The number of fused-ring (bicyclic) bond motifs is 15. The van der Waals surface area contributed by atoms with Crippen LogP contribution in [0.5, 0.6) is 0 Å². The molecule has 13 nitrogen and oxygen atoms in total. The average molecular weight is 1770 g/mol. The number of benzene rings is 20. The van der Waals surface area contributed by atoms with Gasteiger partial charge in [-0.3, -0.25) is 9.13 Å². The van der Waals surface area contributed by atoms with Gasteiger partial charge in [-0.15, -0.1) is 0 Å². The summed E-state index contributed by atoms with van der Waals surface area (Å²) >= 11 is 0. The van der Waals surface area contributed by atoms with Gasteiger partial charge in [-0.1, -0.05) is 400 Å². The van der Waals surface area contributed by atoms with Crippen molar-refractivity contribution >= 4 is 109 Å². The van der Waals surface area contributed by atoms with Crippen LogP contribution < -0.4 is 0 Å². The van der Waals surface area contributed by atoms with Crippen LogP contribution in [0.2, 0.25) is 0 Å². The number of rotatable bonds is 14. The summed E-state index contributed by atoms with van der Waals surface area (Å²) < 4.78 is 9.04. The van der Waals surface area contributed by atoms with Crippen LogP contribution >= 0.6 is 0 Å². The van der Waals surface area contributed by atoms with Crippen LogP contribution in [0.3, 0.4) is 0 Å². The highest BCUT2D eigenvalue weighted by atomic mass is 15.2.